The maximum atomic E-state index is 12.1. The van der Waals surface area contributed by atoms with Crippen molar-refractivity contribution in [2.24, 2.45) is 11.8 Å². The van der Waals surface area contributed by atoms with E-state index in [1.165, 1.54) is 11.3 Å². The van der Waals surface area contributed by atoms with Gasteiger partial charge in [0.2, 0.25) is 0 Å². The molecule has 1 aliphatic heterocycles. The maximum absolute atomic E-state index is 12.1. The number of para-hydroxylation sites is 2. The average Bonchev–Trinajstić information content (AvgIpc) is 2.69. The van der Waals surface area contributed by atoms with Gasteiger partial charge < -0.3 is 19.7 Å². The lowest BCUT2D eigenvalue weighted by atomic mass is 9.78. The molecule has 0 bridgehead atoms. The lowest BCUT2D eigenvalue weighted by molar-refractivity contribution is -0.148. The fourth-order valence-corrected chi connectivity index (χ4v) is 3.85. The Labute approximate surface area is 165 Å². The molecule has 1 fully saturated rings. The van der Waals surface area contributed by atoms with Crippen molar-refractivity contribution in [3.8, 4) is 5.75 Å². The monoisotopic (exact) mass is 388 g/mol. The molecule has 0 aromatic heterocycles. The fraction of sp³-hybridized carbons (Fsp3) is 0.571. The predicted octanol–water partition coefficient (Wildman–Crippen LogP) is 2.29. The smallest absolute Gasteiger partial charge is 0.308 e. The van der Waals surface area contributed by atoms with Crippen molar-refractivity contribution in [3.63, 3.8) is 0 Å². The van der Waals surface area contributed by atoms with Crippen molar-refractivity contribution in [1.82, 2.24) is 5.32 Å². The molecule has 0 unspecified atom stereocenters. The second kappa shape index (κ2) is 9.08. The van der Waals surface area contributed by atoms with Crippen LogP contribution in [0.15, 0.2) is 24.3 Å². The largest absolute Gasteiger partial charge is 0.482 e. The summed E-state index contributed by atoms with van der Waals surface area (Å²) < 4.78 is 10.5. The Hall–Kier alpha value is -2.57. The number of carbonyl (C=O) groups is 3. The van der Waals surface area contributed by atoms with E-state index in [0.29, 0.717) is 23.3 Å². The van der Waals surface area contributed by atoms with E-state index < -0.39 is 5.97 Å². The van der Waals surface area contributed by atoms with Crippen molar-refractivity contribution in [2.75, 3.05) is 24.7 Å². The highest BCUT2D eigenvalue weighted by Gasteiger charge is 2.29. The molecular formula is C21H28N2O5. The molecule has 1 heterocycles. The number of amides is 2. The van der Waals surface area contributed by atoms with Crippen LogP contribution in [-0.4, -0.2) is 43.6 Å². The summed E-state index contributed by atoms with van der Waals surface area (Å²) in [7, 11) is 0. The Morgan fingerprint density at radius 2 is 2.04 bits per heavy atom. The highest BCUT2D eigenvalue weighted by Crippen LogP contribution is 2.31. The Balaban J connectivity index is 1.43. The molecule has 0 spiro atoms. The van der Waals surface area contributed by atoms with E-state index >= 15 is 0 Å². The Bertz CT molecular complexity index is 735. The van der Waals surface area contributed by atoms with Gasteiger partial charge in [0, 0.05) is 12.6 Å². The van der Waals surface area contributed by atoms with Gasteiger partial charge in [-0.1, -0.05) is 38.8 Å². The summed E-state index contributed by atoms with van der Waals surface area (Å²) in [5, 5.41) is 2.98. The normalized spacial score (nSPS) is 24.1. The van der Waals surface area contributed by atoms with E-state index in [9.17, 15) is 14.4 Å². The minimum atomic E-state index is -0.503. The zero-order chi connectivity index (χ0) is 20.1. The summed E-state index contributed by atoms with van der Waals surface area (Å²) in [6.45, 7) is 4.21. The van der Waals surface area contributed by atoms with Crippen molar-refractivity contribution in [2.45, 2.75) is 45.6 Å². The topological polar surface area (TPSA) is 84.9 Å². The van der Waals surface area contributed by atoms with Crippen LogP contribution < -0.4 is 15.0 Å². The van der Waals surface area contributed by atoms with Gasteiger partial charge >= 0.3 is 5.97 Å². The highest BCUT2D eigenvalue weighted by molar-refractivity contribution is 5.98. The molecule has 28 heavy (non-hydrogen) atoms. The van der Waals surface area contributed by atoms with Crippen LogP contribution in [0.4, 0.5) is 5.69 Å². The van der Waals surface area contributed by atoms with Gasteiger partial charge in [-0.05, 0) is 30.4 Å². The molecule has 1 aliphatic carbocycles. The Morgan fingerprint density at radius 1 is 1.25 bits per heavy atom. The molecule has 3 atom stereocenters. The van der Waals surface area contributed by atoms with Crippen molar-refractivity contribution >= 4 is 23.5 Å². The number of ether oxygens (including phenoxy) is 2. The van der Waals surface area contributed by atoms with Crippen LogP contribution in [0.1, 0.15) is 39.5 Å². The molecule has 1 saturated carbocycles. The fourth-order valence-electron chi connectivity index (χ4n) is 3.85. The first-order valence-corrected chi connectivity index (χ1v) is 9.93. The second-order valence-corrected chi connectivity index (χ2v) is 7.65. The molecule has 2 amide bonds. The summed E-state index contributed by atoms with van der Waals surface area (Å²) >= 11 is 0. The number of fused-ring (bicyclic) bond motifs is 1. The third kappa shape index (κ3) is 4.82. The van der Waals surface area contributed by atoms with Crippen LogP contribution in [0.2, 0.25) is 0 Å². The number of hydrogen-bond donors (Lipinski definition) is 1. The van der Waals surface area contributed by atoms with Crippen LogP contribution in [0.25, 0.3) is 0 Å². The number of anilines is 1. The molecule has 0 radical (unpaired) electrons. The molecule has 1 aromatic carbocycles. The van der Waals surface area contributed by atoms with Gasteiger partial charge in [0.1, 0.15) is 5.75 Å². The molecule has 7 heteroatoms. The zero-order valence-corrected chi connectivity index (χ0v) is 16.5. The highest BCUT2D eigenvalue weighted by atomic mass is 16.5. The van der Waals surface area contributed by atoms with Gasteiger partial charge in [-0.2, -0.15) is 0 Å². The number of nitrogens with one attached hydrogen (secondary N) is 1. The quantitative estimate of drug-likeness (QED) is 0.756. The molecule has 7 nitrogen and oxygen atoms in total. The van der Waals surface area contributed by atoms with E-state index in [2.05, 4.69) is 19.2 Å². The van der Waals surface area contributed by atoms with Gasteiger partial charge in [0.15, 0.2) is 13.2 Å². The van der Waals surface area contributed by atoms with E-state index in [0.717, 1.165) is 12.8 Å². The molecule has 152 valence electrons. The van der Waals surface area contributed by atoms with Gasteiger partial charge in [-0.3, -0.25) is 14.4 Å². The number of nitrogens with zero attached hydrogens (tertiary/aromatic N) is 1. The summed E-state index contributed by atoms with van der Waals surface area (Å²) in [5.41, 5.74) is 0.643. The summed E-state index contributed by atoms with van der Waals surface area (Å²) in [5.74, 6) is 0.635. The van der Waals surface area contributed by atoms with Gasteiger partial charge in [-0.15, -0.1) is 0 Å². The SMILES string of the molecule is C[C@@H]1[C@@H](C)CCC[C@H]1NC(=O)COC(=O)CCN1C(=O)COc2ccccc21. The summed E-state index contributed by atoms with van der Waals surface area (Å²) in [6.07, 6.45) is 3.27. The third-order valence-electron chi connectivity index (χ3n) is 5.77. The average molecular weight is 388 g/mol. The first kappa shape index (κ1) is 20.2. The zero-order valence-electron chi connectivity index (χ0n) is 16.5. The van der Waals surface area contributed by atoms with Crippen LogP contribution in [0.5, 0.6) is 5.75 Å². The molecule has 1 N–H and O–H groups in total. The number of carbonyl (C=O) groups excluding carboxylic acids is 3. The number of rotatable bonds is 6. The Kier molecular flexibility index (Phi) is 6.54. The van der Waals surface area contributed by atoms with E-state index in [-0.39, 0.29) is 44.0 Å². The minimum absolute atomic E-state index is 0.0181. The van der Waals surface area contributed by atoms with E-state index in [4.69, 9.17) is 9.47 Å². The van der Waals surface area contributed by atoms with Crippen LogP contribution in [-0.2, 0) is 19.1 Å². The minimum Gasteiger partial charge on any atom is -0.482 e. The third-order valence-corrected chi connectivity index (χ3v) is 5.77. The molecule has 2 aliphatic rings. The molecule has 0 saturated heterocycles. The molecule has 1 aromatic rings. The van der Waals surface area contributed by atoms with Crippen LogP contribution in [0.3, 0.4) is 0 Å². The maximum Gasteiger partial charge on any atom is 0.308 e. The standard InChI is InChI=1S/C21H28N2O5/c1-14-6-5-7-16(15(14)2)22-19(24)12-28-21(26)10-11-23-17-8-3-4-9-18(17)27-13-20(23)25/h3-4,8-9,14-16H,5-7,10-13H2,1-2H3,(H,22,24)/t14-,15+,16+/m0/s1. The van der Waals surface area contributed by atoms with Crippen molar-refractivity contribution in [1.29, 1.82) is 0 Å². The van der Waals surface area contributed by atoms with Gasteiger partial charge in [0.05, 0.1) is 12.1 Å². The lowest BCUT2D eigenvalue weighted by Crippen LogP contribution is -2.45. The van der Waals surface area contributed by atoms with E-state index in [1.54, 1.807) is 12.1 Å². The van der Waals surface area contributed by atoms with Crippen LogP contribution >= 0.6 is 0 Å². The van der Waals surface area contributed by atoms with Crippen molar-refractivity contribution in [3.05, 3.63) is 24.3 Å². The summed E-state index contributed by atoms with van der Waals surface area (Å²) in [4.78, 5) is 37.8. The number of esters is 1. The molecular weight excluding hydrogens is 360 g/mol. The van der Waals surface area contributed by atoms with Gasteiger partial charge in [-0.25, -0.2) is 0 Å². The van der Waals surface area contributed by atoms with E-state index in [1.807, 2.05) is 12.1 Å². The molecule has 3 rings (SSSR count). The van der Waals surface area contributed by atoms with Crippen LogP contribution in [0, 0.1) is 11.8 Å². The number of benzene rings is 1. The number of hydrogen-bond acceptors (Lipinski definition) is 5. The second-order valence-electron chi connectivity index (χ2n) is 7.65. The van der Waals surface area contributed by atoms with Crippen molar-refractivity contribution < 1.29 is 23.9 Å². The summed E-state index contributed by atoms with van der Waals surface area (Å²) in [6, 6.07) is 7.33. The predicted molar refractivity (Wildman–Crippen MR) is 104 cm³/mol. The van der Waals surface area contributed by atoms with Gasteiger partial charge in [0.25, 0.3) is 11.8 Å². The Morgan fingerprint density at radius 3 is 2.86 bits per heavy atom. The first-order valence-electron chi connectivity index (χ1n) is 9.93. The first-order chi connectivity index (χ1) is 13.5. The lowest BCUT2D eigenvalue weighted by Gasteiger charge is -2.34.